The van der Waals surface area contributed by atoms with Crippen molar-refractivity contribution in [1.29, 1.82) is 0 Å². The van der Waals surface area contributed by atoms with E-state index in [0.717, 1.165) is 22.3 Å². The molecule has 0 aliphatic carbocycles. The van der Waals surface area contributed by atoms with Crippen molar-refractivity contribution in [2.24, 2.45) is 0 Å². The highest BCUT2D eigenvalue weighted by Gasteiger charge is 2.18. The number of carbonyl (C=O) groups is 2. The van der Waals surface area contributed by atoms with Crippen molar-refractivity contribution < 1.29 is 9.59 Å². The van der Waals surface area contributed by atoms with E-state index in [2.05, 4.69) is 23.7 Å². The number of Topliss-reactive ketones (excluding diaryl/α,β-unsaturated/α-hetero) is 2. The van der Waals surface area contributed by atoms with Gasteiger partial charge < -0.3 is 0 Å². The molecule has 0 N–H and O–H groups in total. The van der Waals surface area contributed by atoms with Gasteiger partial charge in [-0.15, -0.1) is 0 Å². The molecule has 150 valence electrons. The van der Waals surface area contributed by atoms with Gasteiger partial charge in [-0.2, -0.15) is 0 Å². The van der Waals surface area contributed by atoms with Crippen LogP contribution in [0.3, 0.4) is 0 Å². The van der Waals surface area contributed by atoms with E-state index in [0.29, 0.717) is 11.1 Å². The van der Waals surface area contributed by atoms with Gasteiger partial charge in [0.1, 0.15) is 0 Å². The largest absolute Gasteiger partial charge is 0.285 e. The second-order valence-electron chi connectivity index (χ2n) is 7.04. The van der Waals surface area contributed by atoms with Crippen molar-refractivity contribution in [2.75, 3.05) is 0 Å². The lowest BCUT2D eigenvalue weighted by atomic mass is 9.99. The molecular weight excluding hydrogens is 392 g/mol. The van der Waals surface area contributed by atoms with Crippen molar-refractivity contribution in [3.8, 4) is 23.7 Å². The van der Waals surface area contributed by atoms with Gasteiger partial charge in [0.25, 0.3) is 0 Å². The molecule has 0 saturated heterocycles. The summed E-state index contributed by atoms with van der Waals surface area (Å²) < 4.78 is 0. The molecule has 0 saturated carbocycles. The van der Waals surface area contributed by atoms with Gasteiger partial charge in [-0.3, -0.25) is 9.59 Å². The summed E-state index contributed by atoms with van der Waals surface area (Å²) in [6.07, 6.45) is 0. The first-order chi connectivity index (χ1) is 15.7. The maximum absolute atomic E-state index is 12.6. The molecule has 0 heterocycles. The van der Waals surface area contributed by atoms with Crippen LogP contribution in [-0.4, -0.2) is 11.6 Å². The molecule has 0 unspecified atom stereocenters. The van der Waals surface area contributed by atoms with E-state index in [-0.39, 0.29) is 0 Å². The fraction of sp³-hybridized carbons (Fsp3) is 0. The van der Waals surface area contributed by atoms with Crippen molar-refractivity contribution in [3.05, 3.63) is 143 Å². The van der Waals surface area contributed by atoms with Crippen molar-refractivity contribution in [1.82, 2.24) is 0 Å². The van der Waals surface area contributed by atoms with E-state index in [4.69, 9.17) is 0 Å². The highest BCUT2D eigenvalue weighted by Crippen LogP contribution is 2.11. The van der Waals surface area contributed by atoms with Gasteiger partial charge >= 0.3 is 0 Å². The van der Waals surface area contributed by atoms with Crippen molar-refractivity contribution in [3.63, 3.8) is 0 Å². The normalized spacial score (nSPS) is 9.62. The predicted molar refractivity (Wildman–Crippen MR) is 126 cm³/mol. The van der Waals surface area contributed by atoms with Crippen LogP contribution in [0.2, 0.25) is 0 Å². The first kappa shape index (κ1) is 20.6. The van der Waals surface area contributed by atoms with Crippen LogP contribution in [0.15, 0.2) is 109 Å². The molecule has 0 aliphatic rings. The van der Waals surface area contributed by atoms with Crippen LogP contribution in [0.4, 0.5) is 0 Å². The predicted octanol–water partition coefficient (Wildman–Crippen LogP) is 5.55. The molecule has 32 heavy (non-hydrogen) atoms. The molecule has 0 aromatic heterocycles. The Bertz CT molecular complexity index is 1250. The minimum Gasteiger partial charge on any atom is -0.285 e. The highest BCUT2D eigenvalue weighted by molar-refractivity contribution is 6.49. The highest BCUT2D eigenvalue weighted by atomic mass is 16.2. The zero-order valence-electron chi connectivity index (χ0n) is 17.2. The maximum Gasteiger partial charge on any atom is 0.233 e. The van der Waals surface area contributed by atoms with Crippen molar-refractivity contribution in [2.45, 2.75) is 0 Å². The molecular formula is C30H18O2. The second kappa shape index (κ2) is 9.90. The molecule has 0 spiro atoms. The molecule has 2 nitrogen and oxygen atoms in total. The van der Waals surface area contributed by atoms with Crippen LogP contribution in [-0.2, 0) is 0 Å². The van der Waals surface area contributed by atoms with E-state index in [9.17, 15) is 9.59 Å². The lowest BCUT2D eigenvalue weighted by Gasteiger charge is -2.02. The number of hydrogen-bond donors (Lipinski definition) is 0. The van der Waals surface area contributed by atoms with Crippen LogP contribution < -0.4 is 0 Å². The lowest BCUT2D eigenvalue weighted by Crippen LogP contribution is -2.14. The summed E-state index contributed by atoms with van der Waals surface area (Å²) in [5.41, 5.74) is 4.07. The molecule has 0 bridgehead atoms. The topological polar surface area (TPSA) is 34.1 Å². The summed E-state index contributed by atoms with van der Waals surface area (Å²) in [6.45, 7) is 0. The number of ketones is 2. The van der Waals surface area contributed by atoms with Crippen LogP contribution in [0.5, 0.6) is 0 Å². The van der Waals surface area contributed by atoms with Gasteiger partial charge in [-0.05, 0) is 72.8 Å². The Morgan fingerprint density at radius 1 is 0.375 bits per heavy atom. The van der Waals surface area contributed by atoms with Gasteiger partial charge in [0.05, 0.1) is 0 Å². The van der Waals surface area contributed by atoms with E-state index < -0.39 is 11.6 Å². The number of hydrogen-bond acceptors (Lipinski definition) is 2. The minimum atomic E-state index is -0.546. The SMILES string of the molecule is O=C(C(=O)c1ccc(C#Cc2ccccc2)cc1)c1ccc(C#Cc2ccccc2)cc1. The van der Waals surface area contributed by atoms with Crippen LogP contribution >= 0.6 is 0 Å². The molecule has 4 rings (SSSR count). The molecule has 2 heteroatoms. The van der Waals surface area contributed by atoms with E-state index in [1.165, 1.54) is 0 Å². The number of rotatable bonds is 3. The third-order valence-corrected chi connectivity index (χ3v) is 4.75. The third-order valence-electron chi connectivity index (χ3n) is 4.75. The Morgan fingerprint density at radius 2 is 0.656 bits per heavy atom. The van der Waals surface area contributed by atoms with Gasteiger partial charge in [0.15, 0.2) is 0 Å². The zero-order valence-corrected chi connectivity index (χ0v) is 17.2. The molecule has 0 radical (unpaired) electrons. The summed E-state index contributed by atoms with van der Waals surface area (Å²) >= 11 is 0. The van der Waals surface area contributed by atoms with E-state index >= 15 is 0 Å². The summed E-state index contributed by atoms with van der Waals surface area (Å²) in [4.78, 5) is 25.2. The van der Waals surface area contributed by atoms with Gasteiger partial charge in [0.2, 0.25) is 11.6 Å². The molecule has 0 atom stereocenters. The fourth-order valence-corrected chi connectivity index (χ4v) is 3.00. The molecule has 4 aromatic carbocycles. The lowest BCUT2D eigenvalue weighted by molar-refractivity contribution is 0.0817. The smallest absolute Gasteiger partial charge is 0.233 e. The first-order valence-corrected chi connectivity index (χ1v) is 10.1. The monoisotopic (exact) mass is 410 g/mol. The minimum absolute atomic E-state index is 0.341. The average molecular weight is 410 g/mol. The Hall–Kier alpha value is -4.66. The fourth-order valence-electron chi connectivity index (χ4n) is 3.00. The Morgan fingerprint density at radius 3 is 0.969 bits per heavy atom. The number of benzene rings is 4. The Balaban J connectivity index is 1.44. The summed E-state index contributed by atoms with van der Waals surface area (Å²) in [5, 5.41) is 0. The molecule has 0 fully saturated rings. The first-order valence-electron chi connectivity index (χ1n) is 10.1. The standard InChI is InChI=1S/C30H18O2/c31-29(27-19-15-25(16-20-27)13-11-23-7-3-1-4-8-23)30(32)28-21-17-26(18-22-28)14-12-24-9-5-2-6-10-24/h1-10,15-22H. The van der Waals surface area contributed by atoms with Crippen LogP contribution in [0.1, 0.15) is 43.0 Å². The maximum atomic E-state index is 12.6. The second-order valence-corrected chi connectivity index (χ2v) is 7.04. The van der Waals surface area contributed by atoms with Crippen LogP contribution in [0, 0.1) is 23.7 Å². The van der Waals surface area contributed by atoms with Crippen molar-refractivity contribution >= 4 is 11.6 Å². The molecule has 0 amide bonds. The number of carbonyl (C=O) groups excluding carboxylic acids is 2. The zero-order chi connectivity index (χ0) is 22.2. The van der Waals surface area contributed by atoms with Crippen LogP contribution in [0.25, 0.3) is 0 Å². The quantitative estimate of drug-likeness (QED) is 0.252. The van der Waals surface area contributed by atoms with Gasteiger partial charge in [0, 0.05) is 33.4 Å². The third kappa shape index (κ3) is 5.28. The summed E-state index contributed by atoms with van der Waals surface area (Å²) in [6, 6.07) is 32.9. The van der Waals surface area contributed by atoms with E-state index in [1.54, 1.807) is 48.5 Å². The molecule has 4 aromatic rings. The average Bonchev–Trinajstić information content (AvgIpc) is 2.87. The van der Waals surface area contributed by atoms with E-state index in [1.807, 2.05) is 60.7 Å². The Labute approximate surface area is 187 Å². The Kier molecular flexibility index (Phi) is 6.37. The van der Waals surface area contributed by atoms with Gasteiger partial charge in [-0.25, -0.2) is 0 Å². The summed E-state index contributed by atoms with van der Waals surface area (Å²) in [7, 11) is 0. The summed E-state index contributed by atoms with van der Waals surface area (Å²) in [5.74, 6) is 11.2. The van der Waals surface area contributed by atoms with Gasteiger partial charge in [-0.1, -0.05) is 60.1 Å². The molecule has 0 aliphatic heterocycles.